The van der Waals surface area contributed by atoms with E-state index in [1.54, 1.807) is 11.8 Å². The summed E-state index contributed by atoms with van der Waals surface area (Å²) in [6.07, 6.45) is 4.99. The number of hydrogen-bond acceptors (Lipinski definition) is 3. The monoisotopic (exact) mass is 533 g/mol. The van der Waals surface area contributed by atoms with Crippen LogP contribution in [0.1, 0.15) is 41.0 Å². The second-order valence-corrected chi connectivity index (χ2v) is 10.6. The maximum Gasteiger partial charge on any atom is 0.322 e. The van der Waals surface area contributed by atoms with Gasteiger partial charge in [-0.15, -0.1) is 11.8 Å². The zero-order valence-electron chi connectivity index (χ0n) is 22.3. The molecular formula is C32H31N5OS. The number of amides is 2. The molecule has 0 aliphatic carbocycles. The van der Waals surface area contributed by atoms with Crippen LogP contribution in [0.3, 0.4) is 0 Å². The van der Waals surface area contributed by atoms with Gasteiger partial charge in [0.15, 0.2) is 0 Å². The smallest absolute Gasteiger partial charge is 0.308 e. The number of benzene rings is 3. The van der Waals surface area contributed by atoms with Crippen LogP contribution in [0.4, 0.5) is 10.5 Å². The molecule has 2 amide bonds. The number of hydrogen-bond donors (Lipinski definition) is 1. The first-order chi connectivity index (χ1) is 19.1. The van der Waals surface area contributed by atoms with E-state index in [9.17, 15) is 4.79 Å². The molecule has 6 rings (SSSR count). The molecule has 39 heavy (non-hydrogen) atoms. The molecule has 1 aliphatic heterocycles. The average Bonchev–Trinajstić information content (AvgIpc) is 3.54. The number of carbonyl (C=O) groups is 1. The van der Waals surface area contributed by atoms with E-state index in [-0.39, 0.29) is 12.1 Å². The Bertz CT molecular complexity index is 1620. The van der Waals surface area contributed by atoms with Crippen LogP contribution in [-0.2, 0) is 13.0 Å². The number of rotatable bonds is 5. The number of nitrogens with one attached hydrogen (secondary N) is 1. The van der Waals surface area contributed by atoms with Gasteiger partial charge in [-0.25, -0.2) is 9.48 Å². The first-order valence-corrected chi connectivity index (χ1v) is 14.4. The van der Waals surface area contributed by atoms with Crippen LogP contribution < -0.4 is 5.32 Å². The third kappa shape index (κ3) is 4.53. The van der Waals surface area contributed by atoms with Crippen LogP contribution in [-0.4, -0.2) is 31.5 Å². The lowest BCUT2D eigenvalue weighted by Gasteiger charge is -2.31. The zero-order valence-corrected chi connectivity index (χ0v) is 23.2. The standard InChI is InChI=1S/C32H31N5OS/c1-4-23-11-8-9-14-28(23)33-32(38)36-21-27-22(2)34-37(25-12-6-5-7-13-25)31(27)35-20-10-15-29(35)30(36)24-16-18-26(39-3)19-17-24/h5-20,30H,4,21H2,1-3H3,(H,33,38)/t30-/m1/s1. The fourth-order valence-electron chi connectivity index (χ4n) is 5.42. The fraction of sp³-hybridized carbons (Fsp3) is 0.188. The molecule has 0 spiro atoms. The summed E-state index contributed by atoms with van der Waals surface area (Å²) >= 11 is 1.71. The second kappa shape index (κ2) is 10.5. The summed E-state index contributed by atoms with van der Waals surface area (Å²) in [6.45, 7) is 4.55. The highest BCUT2D eigenvalue weighted by atomic mass is 32.2. The number of carbonyl (C=O) groups excluding carboxylic acids is 1. The van der Waals surface area contributed by atoms with Crippen molar-refractivity contribution in [2.24, 2.45) is 0 Å². The van der Waals surface area contributed by atoms with Gasteiger partial charge in [0.05, 0.1) is 29.7 Å². The molecular weight excluding hydrogens is 502 g/mol. The summed E-state index contributed by atoms with van der Waals surface area (Å²) < 4.78 is 4.19. The number of aryl methyl sites for hydroxylation is 2. The second-order valence-electron chi connectivity index (χ2n) is 9.68. The number of para-hydroxylation sites is 2. The van der Waals surface area contributed by atoms with Crippen molar-refractivity contribution in [3.63, 3.8) is 0 Å². The first-order valence-electron chi connectivity index (χ1n) is 13.2. The number of nitrogens with zero attached hydrogens (tertiary/aromatic N) is 4. The molecule has 7 heteroatoms. The highest BCUT2D eigenvalue weighted by Crippen LogP contribution is 2.39. The molecule has 196 valence electrons. The van der Waals surface area contributed by atoms with Crippen molar-refractivity contribution >= 4 is 23.5 Å². The minimum atomic E-state index is -0.291. The van der Waals surface area contributed by atoms with Crippen LogP contribution in [0, 0.1) is 6.92 Å². The first kappa shape index (κ1) is 25.1. The Morgan fingerprint density at radius 2 is 1.72 bits per heavy atom. The molecule has 1 aliphatic rings. The van der Waals surface area contributed by atoms with Crippen LogP contribution >= 0.6 is 11.8 Å². The van der Waals surface area contributed by atoms with Crippen LogP contribution in [0.5, 0.6) is 0 Å². The Balaban J connectivity index is 1.53. The summed E-state index contributed by atoms with van der Waals surface area (Å²) in [5, 5.41) is 8.18. The minimum Gasteiger partial charge on any atom is -0.308 e. The number of thioether (sulfide) groups is 1. The number of urea groups is 1. The van der Waals surface area contributed by atoms with Crippen molar-refractivity contribution < 1.29 is 4.79 Å². The van der Waals surface area contributed by atoms with Gasteiger partial charge in [-0.1, -0.05) is 55.5 Å². The topological polar surface area (TPSA) is 55.1 Å². The fourth-order valence-corrected chi connectivity index (χ4v) is 5.83. The highest BCUT2D eigenvalue weighted by molar-refractivity contribution is 7.98. The molecule has 0 saturated carbocycles. The van der Waals surface area contributed by atoms with Gasteiger partial charge in [0.2, 0.25) is 0 Å². The van der Waals surface area contributed by atoms with Crippen molar-refractivity contribution in [1.29, 1.82) is 0 Å². The largest absolute Gasteiger partial charge is 0.322 e. The Labute approximate surface area is 233 Å². The number of fused-ring (bicyclic) bond motifs is 3. The van der Waals surface area contributed by atoms with Gasteiger partial charge in [0.25, 0.3) is 0 Å². The van der Waals surface area contributed by atoms with E-state index < -0.39 is 0 Å². The molecule has 0 unspecified atom stereocenters. The van der Waals surface area contributed by atoms with Gasteiger partial charge in [0, 0.05) is 22.3 Å². The van der Waals surface area contributed by atoms with Gasteiger partial charge in [-0.05, 0) is 73.2 Å². The lowest BCUT2D eigenvalue weighted by atomic mass is 10.0. The van der Waals surface area contributed by atoms with E-state index in [1.165, 1.54) is 4.90 Å². The van der Waals surface area contributed by atoms with E-state index in [4.69, 9.17) is 5.10 Å². The predicted molar refractivity (Wildman–Crippen MR) is 158 cm³/mol. The van der Waals surface area contributed by atoms with Crippen molar-refractivity contribution in [2.75, 3.05) is 11.6 Å². The van der Waals surface area contributed by atoms with Crippen molar-refractivity contribution in [3.05, 3.63) is 125 Å². The molecule has 2 aromatic heterocycles. The summed E-state index contributed by atoms with van der Waals surface area (Å²) in [5.41, 5.74) is 6.95. The normalized spacial score (nSPS) is 14.4. The maximum atomic E-state index is 14.2. The van der Waals surface area contributed by atoms with Crippen molar-refractivity contribution in [3.8, 4) is 11.5 Å². The maximum absolute atomic E-state index is 14.2. The Hall–Kier alpha value is -4.23. The molecule has 5 aromatic rings. The van der Waals surface area contributed by atoms with E-state index in [1.807, 2.05) is 59.0 Å². The summed E-state index contributed by atoms with van der Waals surface area (Å²) in [7, 11) is 0. The lowest BCUT2D eigenvalue weighted by Crippen LogP contribution is -2.38. The van der Waals surface area contributed by atoms with Crippen molar-refractivity contribution in [2.45, 2.75) is 37.8 Å². The minimum absolute atomic E-state index is 0.137. The van der Waals surface area contributed by atoms with Gasteiger partial charge < -0.3 is 14.8 Å². The predicted octanol–water partition coefficient (Wildman–Crippen LogP) is 7.39. The third-order valence-corrected chi connectivity index (χ3v) is 8.16. The van der Waals surface area contributed by atoms with E-state index in [0.717, 1.165) is 51.7 Å². The van der Waals surface area contributed by atoms with Gasteiger partial charge in [-0.3, -0.25) is 0 Å². The summed E-state index contributed by atoms with van der Waals surface area (Å²) in [5.74, 6) is 0.966. The van der Waals surface area contributed by atoms with Crippen LogP contribution in [0.2, 0.25) is 0 Å². The number of aromatic nitrogens is 3. The molecule has 6 nitrogen and oxygen atoms in total. The molecule has 0 saturated heterocycles. The molecule has 0 bridgehead atoms. The van der Waals surface area contributed by atoms with Crippen molar-refractivity contribution in [1.82, 2.24) is 19.2 Å². The number of anilines is 1. The van der Waals surface area contributed by atoms with E-state index >= 15 is 0 Å². The SMILES string of the molecule is CCc1ccccc1NC(=O)N1Cc2c(C)nn(-c3ccccc3)c2-n2cccc2[C@H]1c1ccc(SC)cc1. The molecule has 3 aromatic carbocycles. The average molecular weight is 534 g/mol. The Morgan fingerprint density at radius 3 is 2.46 bits per heavy atom. The van der Waals surface area contributed by atoms with Gasteiger partial charge >= 0.3 is 6.03 Å². The molecule has 1 N–H and O–H groups in total. The third-order valence-electron chi connectivity index (χ3n) is 7.42. The molecule has 0 radical (unpaired) electrons. The molecule has 3 heterocycles. The molecule has 1 atom stereocenters. The summed E-state index contributed by atoms with van der Waals surface area (Å²) in [4.78, 5) is 17.3. The molecule has 0 fully saturated rings. The Kier molecular flexibility index (Phi) is 6.75. The van der Waals surface area contributed by atoms with Gasteiger partial charge in [-0.2, -0.15) is 5.10 Å². The highest BCUT2D eigenvalue weighted by Gasteiger charge is 2.36. The Morgan fingerprint density at radius 1 is 0.974 bits per heavy atom. The zero-order chi connectivity index (χ0) is 26.9. The summed E-state index contributed by atoms with van der Waals surface area (Å²) in [6, 6.07) is 30.5. The van der Waals surface area contributed by atoms with Crippen LogP contribution in [0.15, 0.2) is 102 Å². The lowest BCUT2D eigenvalue weighted by molar-refractivity contribution is 0.194. The van der Waals surface area contributed by atoms with E-state index in [0.29, 0.717) is 6.54 Å². The van der Waals surface area contributed by atoms with Crippen LogP contribution in [0.25, 0.3) is 11.5 Å². The van der Waals surface area contributed by atoms with E-state index in [2.05, 4.69) is 77.8 Å². The van der Waals surface area contributed by atoms with Gasteiger partial charge in [0.1, 0.15) is 5.82 Å². The quantitative estimate of drug-likeness (QED) is 0.240.